The Morgan fingerprint density at radius 3 is 2.30 bits per heavy atom. The predicted octanol–water partition coefficient (Wildman–Crippen LogP) is 5.21. The van der Waals surface area contributed by atoms with Crippen molar-refractivity contribution in [2.45, 2.75) is 47.0 Å². The first kappa shape index (κ1) is 16.1. The third-order valence-corrected chi connectivity index (χ3v) is 3.55. The topological polar surface area (TPSA) is 0 Å². The molecule has 0 saturated carbocycles. The summed E-state index contributed by atoms with van der Waals surface area (Å²) in [5, 5.41) is 0. The van der Waals surface area contributed by atoms with E-state index in [-0.39, 0.29) is 5.41 Å². The summed E-state index contributed by atoms with van der Waals surface area (Å²) in [6, 6.07) is 0. The van der Waals surface area contributed by atoms with E-state index in [2.05, 4.69) is 57.3 Å². The minimum Gasteiger partial charge on any atom is -0.0949 e. The fraction of sp³-hybridized carbons (Fsp3) is 0.400. The van der Waals surface area contributed by atoms with Crippen molar-refractivity contribution in [2.75, 3.05) is 0 Å². The average Bonchev–Trinajstić information content (AvgIpc) is 2.34. The van der Waals surface area contributed by atoms with E-state index in [9.17, 15) is 0 Å². The molecule has 1 aliphatic rings. The molecule has 0 aromatic rings. The molecule has 0 nitrogen and oxygen atoms in total. The molecule has 0 aromatic heterocycles. The lowest BCUT2D eigenvalue weighted by Gasteiger charge is -2.29. The quantitative estimate of drug-likeness (QED) is 0.450. The van der Waals surface area contributed by atoms with Crippen LogP contribution in [-0.2, 0) is 0 Å². The van der Waals surface area contributed by atoms with Gasteiger partial charge in [-0.1, -0.05) is 49.0 Å². The van der Waals surface area contributed by atoms with Crippen molar-refractivity contribution in [2.24, 2.45) is 5.41 Å². The van der Waals surface area contributed by atoms with Crippen molar-refractivity contribution in [3.8, 4) is 23.7 Å². The van der Waals surface area contributed by atoms with Gasteiger partial charge in [-0.15, -0.1) is 0 Å². The van der Waals surface area contributed by atoms with Crippen LogP contribution in [-0.4, -0.2) is 0 Å². The van der Waals surface area contributed by atoms with Crippen LogP contribution in [0.3, 0.4) is 0 Å². The summed E-state index contributed by atoms with van der Waals surface area (Å²) in [6.07, 6.45) is 3.02. The van der Waals surface area contributed by atoms with Crippen LogP contribution in [0.2, 0.25) is 0 Å². The van der Waals surface area contributed by atoms with Gasteiger partial charge in [-0.25, -0.2) is 0 Å². The summed E-state index contributed by atoms with van der Waals surface area (Å²) >= 11 is 0. The second-order valence-electron chi connectivity index (χ2n) is 6.04. The fourth-order valence-corrected chi connectivity index (χ4v) is 2.19. The van der Waals surface area contributed by atoms with Crippen LogP contribution < -0.4 is 0 Å². The molecule has 20 heavy (non-hydrogen) atoms. The van der Waals surface area contributed by atoms with Crippen LogP contribution in [0, 0.1) is 29.1 Å². The zero-order valence-electron chi connectivity index (χ0n) is 13.2. The maximum atomic E-state index is 3.94. The molecule has 0 heterocycles. The van der Waals surface area contributed by atoms with E-state index in [4.69, 9.17) is 0 Å². The van der Waals surface area contributed by atoms with E-state index >= 15 is 0 Å². The highest BCUT2D eigenvalue weighted by atomic mass is 14.3. The molecular weight excluding hydrogens is 240 g/mol. The molecule has 0 heteroatoms. The van der Waals surface area contributed by atoms with Gasteiger partial charge in [-0.05, 0) is 58.1 Å². The minimum absolute atomic E-state index is 0.0247. The van der Waals surface area contributed by atoms with Gasteiger partial charge in [-0.3, -0.25) is 0 Å². The fourth-order valence-electron chi connectivity index (χ4n) is 2.19. The lowest BCUT2D eigenvalue weighted by atomic mass is 9.73. The minimum atomic E-state index is 0.0247. The summed E-state index contributed by atoms with van der Waals surface area (Å²) in [6.45, 7) is 19.9. The van der Waals surface area contributed by atoms with Crippen molar-refractivity contribution in [1.29, 1.82) is 0 Å². The third-order valence-electron chi connectivity index (χ3n) is 3.55. The highest BCUT2D eigenvalue weighted by Crippen LogP contribution is 2.38. The van der Waals surface area contributed by atoms with E-state index in [1.54, 1.807) is 0 Å². The summed E-state index contributed by atoms with van der Waals surface area (Å²) in [7, 11) is 0. The Morgan fingerprint density at radius 2 is 1.80 bits per heavy atom. The van der Waals surface area contributed by atoms with Crippen LogP contribution in [0.15, 0.2) is 47.6 Å². The zero-order chi connectivity index (χ0) is 15.3. The van der Waals surface area contributed by atoms with E-state index in [0.717, 1.165) is 36.0 Å². The molecule has 1 rings (SSSR count). The van der Waals surface area contributed by atoms with Gasteiger partial charge in [0.2, 0.25) is 0 Å². The van der Waals surface area contributed by atoms with Crippen molar-refractivity contribution in [1.82, 2.24) is 0 Å². The van der Waals surface area contributed by atoms with Gasteiger partial charge in [0, 0.05) is 16.6 Å². The summed E-state index contributed by atoms with van der Waals surface area (Å²) in [5.41, 5.74) is 5.32. The van der Waals surface area contributed by atoms with Crippen molar-refractivity contribution in [3.05, 3.63) is 47.6 Å². The summed E-state index contributed by atoms with van der Waals surface area (Å²) in [5.74, 6) is 12.9. The molecule has 0 amide bonds. The van der Waals surface area contributed by atoms with E-state index in [1.807, 2.05) is 13.8 Å². The lowest BCUT2D eigenvalue weighted by molar-refractivity contribution is 0.387. The molecule has 0 N–H and O–H groups in total. The predicted molar refractivity (Wildman–Crippen MR) is 89.0 cm³/mol. The first-order valence-electron chi connectivity index (χ1n) is 6.97. The van der Waals surface area contributed by atoms with Gasteiger partial charge >= 0.3 is 0 Å². The Labute approximate surface area is 124 Å². The molecule has 0 spiro atoms. The number of rotatable bonds is 1. The van der Waals surface area contributed by atoms with Gasteiger partial charge in [0.25, 0.3) is 0 Å². The summed E-state index contributed by atoms with van der Waals surface area (Å²) < 4.78 is 0. The van der Waals surface area contributed by atoms with E-state index in [1.165, 1.54) is 11.1 Å². The maximum absolute atomic E-state index is 3.94. The van der Waals surface area contributed by atoms with Gasteiger partial charge in [-0.2, -0.15) is 0 Å². The molecule has 1 atom stereocenters. The first-order valence-corrected chi connectivity index (χ1v) is 6.97. The zero-order valence-corrected chi connectivity index (χ0v) is 13.2. The van der Waals surface area contributed by atoms with Crippen LogP contribution in [0.5, 0.6) is 0 Å². The van der Waals surface area contributed by atoms with Gasteiger partial charge in [0.1, 0.15) is 0 Å². The normalized spacial score (nSPS) is 21.2. The Balaban J connectivity index is 2.91. The molecule has 0 radical (unpaired) electrons. The smallest absolute Gasteiger partial charge is 0.0331 e. The Hall–Kier alpha value is -1.92. The van der Waals surface area contributed by atoms with Crippen LogP contribution in [0.4, 0.5) is 0 Å². The van der Waals surface area contributed by atoms with Crippen molar-refractivity contribution >= 4 is 0 Å². The highest BCUT2D eigenvalue weighted by Gasteiger charge is 2.27. The standard InChI is InChI=1S/C20H24/c1-15(2)8-9-19-11-13-20(7,14-18(19)6)12-10-17(5)16(3)4/h1,3,5,11,13-14H2,2,4,6-7H3/t20-/m1/s1. The Bertz CT molecular complexity index is 602. The first-order chi connectivity index (χ1) is 9.23. The van der Waals surface area contributed by atoms with E-state index in [0.29, 0.717) is 0 Å². The molecule has 0 aliphatic heterocycles. The molecule has 0 bridgehead atoms. The lowest BCUT2D eigenvalue weighted by Crippen LogP contribution is -2.19. The molecule has 0 fully saturated rings. The van der Waals surface area contributed by atoms with Crippen LogP contribution in [0.1, 0.15) is 47.0 Å². The summed E-state index contributed by atoms with van der Waals surface area (Å²) in [4.78, 5) is 0. The highest BCUT2D eigenvalue weighted by molar-refractivity contribution is 5.44. The van der Waals surface area contributed by atoms with Crippen LogP contribution >= 0.6 is 0 Å². The number of hydrogen-bond donors (Lipinski definition) is 0. The Kier molecular flexibility index (Phi) is 5.24. The molecule has 104 valence electrons. The van der Waals surface area contributed by atoms with Gasteiger partial charge < -0.3 is 0 Å². The Morgan fingerprint density at radius 1 is 1.15 bits per heavy atom. The van der Waals surface area contributed by atoms with Gasteiger partial charge in [0.15, 0.2) is 0 Å². The molecular formula is C20H24. The maximum Gasteiger partial charge on any atom is 0.0331 e. The monoisotopic (exact) mass is 264 g/mol. The van der Waals surface area contributed by atoms with Crippen LogP contribution in [0.25, 0.3) is 0 Å². The second kappa shape index (κ2) is 6.49. The molecule has 0 saturated heterocycles. The largest absolute Gasteiger partial charge is 0.0949 e. The second-order valence-corrected chi connectivity index (χ2v) is 6.04. The average molecular weight is 264 g/mol. The van der Waals surface area contributed by atoms with E-state index < -0.39 is 0 Å². The third kappa shape index (κ3) is 4.64. The number of hydrogen-bond acceptors (Lipinski definition) is 0. The molecule has 1 aliphatic carbocycles. The van der Waals surface area contributed by atoms with Crippen molar-refractivity contribution < 1.29 is 0 Å². The molecule has 0 aromatic carbocycles. The SMILES string of the molecule is C=C(C)C#CC1=C(C)C[C@](C)(C#CC(=C)C(=C)C)CC1. The van der Waals surface area contributed by atoms with Crippen molar-refractivity contribution in [3.63, 3.8) is 0 Å². The number of allylic oxidation sites excluding steroid dienone is 5. The molecule has 0 unspecified atom stereocenters. The van der Waals surface area contributed by atoms with Gasteiger partial charge in [0.05, 0.1) is 0 Å².